The van der Waals surface area contributed by atoms with Gasteiger partial charge in [0.05, 0.1) is 25.7 Å². The number of rotatable bonds is 7. The minimum Gasteiger partial charge on any atom is -0.469 e. The van der Waals surface area contributed by atoms with Gasteiger partial charge < -0.3 is 14.6 Å². The van der Waals surface area contributed by atoms with Crippen molar-refractivity contribution >= 4 is 5.97 Å². The monoisotopic (exact) mass is 340 g/mol. The van der Waals surface area contributed by atoms with Crippen LogP contribution in [0.2, 0.25) is 0 Å². The number of carbonyl (C=O) groups is 1. The van der Waals surface area contributed by atoms with Gasteiger partial charge in [-0.2, -0.15) is 26.3 Å². The van der Waals surface area contributed by atoms with Crippen LogP contribution in [0.5, 0.6) is 0 Å². The maximum atomic E-state index is 12.4. The fourth-order valence-electron chi connectivity index (χ4n) is 1.51. The van der Waals surface area contributed by atoms with E-state index >= 15 is 0 Å². The van der Waals surface area contributed by atoms with Crippen LogP contribution >= 0.6 is 0 Å². The van der Waals surface area contributed by atoms with E-state index in [-0.39, 0.29) is 6.42 Å². The summed E-state index contributed by atoms with van der Waals surface area (Å²) in [5.41, 5.74) is -6.04. The van der Waals surface area contributed by atoms with Crippen molar-refractivity contribution in [3.63, 3.8) is 0 Å². The van der Waals surface area contributed by atoms with Gasteiger partial charge in [-0.05, 0) is 13.3 Å². The predicted octanol–water partition coefficient (Wildman–Crippen LogP) is 2.84. The van der Waals surface area contributed by atoms with Crippen LogP contribution in [0.25, 0.3) is 0 Å². The molecule has 0 aliphatic rings. The Kier molecular flexibility index (Phi) is 6.70. The molecular formula is C12H18F6O4. The van der Waals surface area contributed by atoms with E-state index in [0.29, 0.717) is 0 Å². The van der Waals surface area contributed by atoms with Crippen molar-refractivity contribution in [3.8, 4) is 0 Å². The fourth-order valence-corrected chi connectivity index (χ4v) is 1.51. The summed E-state index contributed by atoms with van der Waals surface area (Å²) in [5.74, 6) is -0.697. The van der Waals surface area contributed by atoms with Gasteiger partial charge in [0.15, 0.2) is 0 Å². The summed E-state index contributed by atoms with van der Waals surface area (Å²) in [6, 6.07) is 0. The van der Waals surface area contributed by atoms with Gasteiger partial charge in [0.1, 0.15) is 0 Å². The third kappa shape index (κ3) is 4.48. The molecule has 0 amide bonds. The van der Waals surface area contributed by atoms with E-state index in [2.05, 4.69) is 4.74 Å². The zero-order chi connectivity index (χ0) is 17.8. The van der Waals surface area contributed by atoms with Crippen molar-refractivity contribution in [1.82, 2.24) is 0 Å². The van der Waals surface area contributed by atoms with Gasteiger partial charge in [0.25, 0.3) is 5.60 Å². The quantitative estimate of drug-likeness (QED) is 0.440. The zero-order valence-electron chi connectivity index (χ0n) is 12.3. The molecule has 132 valence electrons. The highest BCUT2D eigenvalue weighted by atomic mass is 19.4. The summed E-state index contributed by atoms with van der Waals surface area (Å²) in [7, 11) is 1.10. The molecule has 1 atom stereocenters. The molecule has 0 aromatic heterocycles. The van der Waals surface area contributed by atoms with Gasteiger partial charge >= 0.3 is 18.3 Å². The molecule has 0 bridgehead atoms. The Balaban J connectivity index is 4.77. The highest BCUT2D eigenvalue weighted by molar-refractivity contribution is 5.76. The Morgan fingerprint density at radius 2 is 1.55 bits per heavy atom. The Bertz CT molecular complexity index is 365. The maximum Gasteiger partial charge on any atom is 0.426 e. The first-order valence-corrected chi connectivity index (χ1v) is 6.27. The van der Waals surface area contributed by atoms with Gasteiger partial charge in [0.2, 0.25) is 0 Å². The zero-order valence-corrected chi connectivity index (χ0v) is 12.3. The largest absolute Gasteiger partial charge is 0.469 e. The van der Waals surface area contributed by atoms with Crippen molar-refractivity contribution in [2.75, 3.05) is 20.3 Å². The van der Waals surface area contributed by atoms with Crippen molar-refractivity contribution in [3.05, 3.63) is 0 Å². The van der Waals surface area contributed by atoms with E-state index in [1.807, 2.05) is 0 Å². The lowest BCUT2D eigenvalue weighted by Gasteiger charge is -2.32. The van der Waals surface area contributed by atoms with Crippen LogP contribution in [0.1, 0.15) is 26.7 Å². The minimum absolute atomic E-state index is 0.211. The topological polar surface area (TPSA) is 55.8 Å². The molecule has 0 aromatic rings. The second-order valence-corrected chi connectivity index (χ2v) is 5.06. The molecule has 10 heteroatoms. The summed E-state index contributed by atoms with van der Waals surface area (Å²) < 4.78 is 83.7. The number of carbonyl (C=O) groups excluding carboxylic acids is 1. The SMILES string of the molecule is CCC(C)(COCCC(O)(C(F)(F)F)C(F)(F)F)C(=O)OC. The minimum atomic E-state index is -5.88. The van der Waals surface area contributed by atoms with E-state index < -0.39 is 49.0 Å². The molecule has 0 spiro atoms. The van der Waals surface area contributed by atoms with E-state index in [9.17, 15) is 31.1 Å². The van der Waals surface area contributed by atoms with Crippen molar-refractivity contribution < 1.29 is 45.7 Å². The van der Waals surface area contributed by atoms with Gasteiger partial charge in [0, 0.05) is 6.42 Å². The lowest BCUT2D eigenvalue weighted by Crippen LogP contribution is -2.57. The second-order valence-electron chi connectivity index (χ2n) is 5.06. The number of methoxy groups -OCH3 is 1. The Hall–Kier alpha value is -1.03. The van der Waals surface area contributed by atoms with Gasteiger partial charge in [-0.3, -0.25) is 4.79 Å². The molecule has 0 aromatic carbocycles. The van der Waals surface area contributed by atoms with Crippen LogP contribution < -0.4 is 0 Å². The van der Waals surface area contributed by atoms with E-state index in [0.717, 1.165) is 7.11 Å². The standard InChI is InChI=1S/C12H18F6O4/c1-4-9(2,8(19)21-3)7-22-6-5-10(20,11(13,14)15)12(16,17)18/h20H,4-7H2,1-3H3. The molecule has 22 heavy (non-hydrogen) atoms. The molecular weight excluding hydrogens is 322 g/mol. The van der Waals surface area contributed by atoms with Crippen LogP contribution in [-0.4, -0.2) is 49.4 Å². The Labute approximate surface area is 123 Å². The first-order chi connectivity index (χ1) is 9.75. The van der Waals surface area contributed by atoms with E-state index in [1.165, 1.54) is 6.92 Å². The van der Waals surface area contributed by atoms with Crippen LogP contribution in [0.4, 0.5) is 26.3 Å². The number of hydrogen-bond acceptors (Lipinski definition) is 4. The van der Waals surface area contributed by atoms with Crippen molar-refractivity contribution in [1.29, 1.82) is 0 Å². The molecule has 0 rings (SSSR count). The first-order valence-electron chi connectivity index (χ1n) is 6.27. The average molecular weight is 340 g/mol. The molecule has 0 aliphatic carbocycles. The fraction of sp³-hybridized carbons (Fsp3) is 0.917. The summed E-state index contributed by atoms with van der Waals surface area (Å²) in [6.45, 7) is 1.53. The van der Waals surface area contributed by atoms with Crippen LogP contribution in [-0.2, 0) is 14.3 Å². The third-order valence-corrected chi connectivity index (χ3v) is 3.43. The van der Waals surface area contributed by atoms with Gasteiger partial charge in [-0.1, -0.05) is 6.92 Å². The van der Waals surface area contributed by atoms with E-state index in [4.69, 9.17) is 9.84 Å². The number of hydrogen-bond donors (Lipinski definition) is 1. The molecule has 0 aliphatic heterocycles. The molecule has 0 heterocycles. The highest BCUT2D eigenvalue weighted by Crippen LogP contribution is 2.45. The van der Waals surface area contributed by atoms with Crippen molar-refractivity contribution in [2.24, 2.45) is 5.41 Å². The number of esters is 1. The Morgan fingerprint density at radius 3 is 1.86 bits per heavy atom. The molecule has 0 radical (unpaired) electrons. The number of ether oxygens (including phenoxy) is 2. The smallest absolute Gasteiger partial charge is 0.426 e. The predicted molar refractivity (Wildman–Crippen MR) is 62.9 cm³/mol. The van der Waals surface area contributed by atoms with Crippen LogP contribution in [0.15, 0.2) is 0 Å². The molecule has 0 saturated carbocycles. The van der Waals surface area contributed by atoms with Crippen LogP contribution in [0, 0.1) is 5.41 Å². The van der Waals surface area contributed by atoms with Crippen LogP contribution in [0.3, 0.4) is 0 Å². The third-order valence-electron chi connectivity index (χ3n) is 3.43. The highest BCUT2D eigenvalue weighted by Gasteiger charge is 2.69. The van der Waals surface area contributed by atoms with Gasteiger partial charge in [-0.25, -0.2) is 0 Å². The molecule has 1 N–H and O–H groups in total. The summed E-state index contributed by atoms with van der Waals surface area (Å²) >= 11 is 0. The summed E-state index contributed by atoms with van der Waals surface area (Å²) in [4.78, 5) is 11.5. The van der Waals surface area contributed by atoms with Crippen molar-refractivity contribution in [2.45, 2.75) is 44.6 Å². The number of halogens is 6. The molecule has 0 saturated heterocycles. The lowest BCUT2D eigenvalue weighted by atomic mass is 9.89. The summed E-state index contributed by atoms with van der Waals surface area (Å²) in [5, 5.41) is 8.90. The molecule has 4 nitrogen and oxygen atoms in total. The molecule has 0 fully saturated rings. The second kappa shape index (κ2) is 7.03. The Morgan fingerprint density at radius 1 is 1.09 bits per heavy atom. The number of aliphatic hydroxyl groups is 1. The number of alkyl halides is 6. The molecule has 1 unspecified atom stereocenters. The maximum absolute atomic E-state index is 12.4. The first kappa shape index (κ1) is 21.0. The van der Waals surface area contributed by atoms with Gasteiger partial charge in [-0.15, -0.1) is 0 Å². The van der Waals surface area contributed by atoms with E-state index in [1.54, 1.807) is 6.92 Å². The normalized spacial score (nSPS) is 16.3. The lowest BCUT2D eigenvalue weighted by molar-refractivity contribution is -0.371. The summed E-state index contributed by atoms with van der Waals surface area (Å²) in [6.07, 6.45) is -13.3. The average Bonchev–Trinajstić information content (AvgIpc) is 2.39.